The molecular formula is C13H10Cl2N2O2. The number of halogens is 2. The minimum Gasteiger partial charge on any atom is -0.381 e. The van der Waals surface area contributed by atoms with Gasteiger partial charge in [0.2, 0.25) is 0 Å². The summed E-state index contributed by atoms with van der Waals surface area (Å²) in [6, 6.07) is 11.6. The van der Waals surface area contributed by atoms with Crippen molar-refractivity contribution >= 4 is 34.6 Å². The second-order valence-electron chi connectivity index (χ2n) is 3.91. The van der Waals surface area contributed by atoms with E-state index in [4.69, 9.17) is 23.2 Å². The molecule has 0 fully saturated rings. The van der Waals surface area contributed by atoms with E-state index >= 15 is 0 Å². The molecule has 2 aromatic rings. The molecule has 6 heteroatoms. The van der Waals surface area contributed by atoms with Crippen molar-refractivity contribution in [3.8, 4) is 0 Å². The Morgan fingerprint density at radius 2 is 1.74 bits per heavy atom. The van der Waals surface area contributed by atoms with E-state index in [1.165, 1.54) is 12.1 Å². The molecule has 0 spiro atoms. The van der Waals surface area contributed by atoms with Gasteiger partial charge in [0, 0.05) is 24.4 Å². The van der Waals surface area contributed by atoms with E-state index in [1.807, 2.05) is 6.07 Å². The summed E-state index contributed by atoms with van der Waals surface area (Å²) in [4.78, 5) is 10.1. The predicted octanol–water partition coefficient (Wildman–Crippen LogP) is 4.51. The zero-order valence-corrected chi connectivity index (χ0v) is 11.3. The average Bonchev–Trinajstić information content (AvgIpc) is 2.40. The Kier molecular flexibility index (Phi) is 4.24. The number of hydrogen-bond donors (Lipinski definition) is 1. The molecule has 0 aliphatic rings. The first-order valence-corrected chi connectivity index (χ1v) is 6.24. The summed E-state index contributed by atoms with van der Waals surface area (Å²) < 4.78 is 0. The average molecular weight is 297 g/mol. The maximum absolute atomic E-state index is 10.5. The molecule has 0 aromatic heterocycles. The van der Waals surface area contributed by atoms with Crippen LogP contribution in [0.15, 0.2) is 42.5 Å². The molecule has 4 nitrogen and oxygen atoms in total. The van der Waals surface area contributed by atoms with E-state index in [0.29, 0.717) is 16.6 Å². The fourth-order valence-corrected chi connectivity index (χ4v) is 1.84. The van der Waals surface area contributed by atoms with Crippen LogP contribution in [0.3, 0.4) is 0 Å². The zero-order chi connectivity index (χ0) is 13.8. The standard InChI is InChI=1S/C13H10Cl2N2O2/c14-12-6-3-10(7-13(12)15)16-8-9-1-4-11(5-2-9)17(18)19/h1-7,16H,8H2. The van der Waals surface area contributed by atoms with E-state index < -0.39 is 4.92 Å². The van der Waals surface area contributed by atoms with Crippen LogP contribution in [0.25, 0.3) is 0 Å². The predicted molar refractivity (Wildman–Crippen MR) is 76.9 cm³/mol. The van der Waals surface area contributed by atoms with Crippen LogP contribution < -0.4 is 5.32 Å². The van der Waals surface area contributed by atoms with E-state index in [9.17, 15) is 10.1 Å². The maximum Gasteiger partial charge on any atom is 0.269 e. The number of nitro groups is 1. The summed E-state index contributed by atoms with van der Waals surface area (Å²) in [6.45, 7) is 0.552. The molecule has 98 valence electrons. The summed E-state index contributed by atoms with van der Waals surface area (Å²) in [5, 5.41) is 14.7. The molecular weight excluding hydrogens is 287 g/mol. The molecule has 0 saturated heterocycles. The second-order valence-corrected chi connectivity index (χ2v) is 4.72. The van der Waals surface area contributed by atoms with Crippen molar-refractivity contribution in [3.63, 3.8) is 0 Å². The minimum absolute atomic E-state index is 0.0817. The lowest BCUT2D eigenvalue weighted by atomic mass is 10.2. The molecule has 0 unspecified atom stereocenters. The second kappa shape index (κ2) is 5.91. The largest absolute Gasteiger partial charge is 0.381 e. The molecule has 2 rings (SSSR count). The third-order valence-corrected chi connectivity index (χ3v) is 3.30. The third kappa shape index (κ3) is 3.59. The van der Waals surface area contributed by atoms with Crippen molar-refractivity contribution in [3.05, 3.63) is 68.2 Å². The van der Waals surface area contributed by atoms with Gasteiger partial charge in [0.25, 0.3) is 5.69 Å². The summed E-state index contributed by atoms with van der Waals surface area (Å²) in [5.41, 5.74) is 1.86. The number of benzene rings is 2. The van der Waals surface area contributed by atoms with E-state index in [1.54, 1.807) is 24.3 Å². The third-order valence-electron chi connectivity index (χ3n) is 2.56. The molecule has 0 radical (unpaired) electrons. The number of nitrogens with one attached hydrogen (secondary N) is 1. The van der Waals surface area contributed by atoms with E-state index in [2.05, 4.69) is 5.32 Å². The topological polar surface area (TPSA) is 55.2 Å². The van der Waals surface area contributed by atoms with E-state index in [0.717, 1.165) is 11.3 Å². The molecule has 0 aliphatic heterocycles. The van der Waals surface area contributed by atoms with Crippen LogP contribution in [0.2, 0.25) is 10.0 Å². The number of non-ortho nitro benzene ring substituents is 1. The highest BCUT2D eigenvalue weighted by atomic mass is 35.5. The Hall–Kier alpha value is -1.78. The molecule has 1 N–H and O–H groups in total. The van der Waals surface area contributed by atoms with Crippen LogP contribution in [0.1, 0.15) is 5.56 Å². The lowest BCUT2D eigenvalue weighted by Gasteiger charge is -2.07. The fourth-order valence-electron chi connectivity index (χ4n) is 1.55. The van der Waals surface area contributed by atoms with E-state index in [-0.39, 0.29) is 5.69 Å². The number of hydrogen-bond acceptors (Lipinski definition) is 3. The lowest BCUT2D eigenvalue weighted by Crippen LogP contribution is -1.99. The fraction of sp³-hybridized carbons (Fsp3) is 0.0769. The van der Waals surface area contributed by atoms with Gasteiger partial charge in [0.15, 0.2) is 0 Å². The highest BCUT2D eigenvalue weighted by Crippen LogP contribution is 2.25. The van der Waals surface area contributed by atoms with Gasteiger partial charge in [0.05, 0.1) is 15.0 Å². The van der Waals surface area contributed by atoms with Crippen molar-refractivity contribution < 1.29 is 4.92 Å². The van der Waals surface area contributed by atoms with Gasteiger partial charge in [0.1, 0.15) is 0 Å². The molecule has 0 atom stereocenters. The van der Waals surface area contributed by atoms with Crippen molar-refractivity contribution in [1.82, 2.24) is 0 Å². The van der Waals surface area contributed by atoms with Gasteiger partial charge < -0.3 is 5.32 Å². The number of anilines is 1. The number of nitro benzene ring substituents is 1. The Bertz CT molecular complexity index is 600. The molecule has 0 bridgehead atoms. The Morgan fingerprint density at radius 1 is 1.05 bits per heavy atom. The van der Waals surface area contributed by atoms with Gasteiger partial charge in [-0.15, -0.1) is 0 Å². The Morgan fingerprint density at radius 3 is 2.32 bits per heavy atom. The first-order chi connectivity index (χ1) is 9.06. The quantitative estimate of drug-likeness (QED) is 0.667. The van der Waals surface area contributed by atoms with Gasteiger partial charge in [-0.3, -0.25) is 10.1 Å². The molecule has 19 heavy (non-hydrogen) atoms. The molecule has 0 heterocycles. The highest BCUT2D eigenvalue weighted by molar-refractivity contribution is 6.42. The van der Waals surface area contributed by atoms with Gasteiger partial charge in [-0.2, -0.15) is 0 Å². The molecule has 0 amide bonds. The highest BCUT2D eigenvalue weighted by Gasteiger charge is 2.04. The Labute approximate surface area is 120 Å². The molecule has 0 saturated carbocycles. The monoisotopic (exact) mass is 296 g/mol. The first kappa shape index (κ1) is 13.6. The van der Waals surface area contributed by atoms with Gasteiger partial charge >= 0.3 is 0 Å². The van der Waals surface area contributed by atoms with Gasteiger partial charge in [-0.1, -0.05) is 35.3 Å². The first-order valence-electron chi connectivity index (χ1n) is 5.48. The van der Waals surface area contributed by atoms with Crippen LogP contribution in [-0.2, 0) is 6.54 Å². The van der Waals surface area contributed by atoms with Crippen LogP contribution in [0.5, 0.6) is 0 Å². The minimum atomic E-state index is -0.420. The smallest absolute Gasteiger partial charge is 0.269 e. The summed E-state index contributed by atoms with van der Waals surface area (Å²) in [6.07, 6.45) is 0. The zero-order valence-electron chi connectivity index (χ0n) is 9.77. The van der Waals surface area contributed by atoms with Crippen molar-refractivity contribution in [2.45, 2.75) is 6.54 Å². The SMILES string of the molecule is O=[N+]([O-])c1ccc(CNc2ccc(Cl)c(Cl)c2)cc1. The molecule has 2 aromatic carbocycles. The van der Waals surface area contributed by atoms with Crippen LogP contribution in [-0.4, -0.2) is 4.92 Å². The van der Waals surface area contributed by atoms with Crippen molar-refractivity contribution in [2.75, 3.05) is 5.32 Å². The van der Waals surface area contributed by atoms with Crippen molar-refractivity contribution in [1.29, 1.82) is 0 Å². The lowest BCUT2D eigenvalue weighted by molar-refractivity contribution is -0.384. The van der Waals surface area contributed by atoms with Crippen LogP contribution >= 0.6 is 23.2 Å². The maximum atomic E-state index is 10.5. The summed E-state index contributed by atoms with van der Waals surface area (Å²) in [7, 11) is 0. The van der Waals surface area contributed by atoms with Crippen molar-refractivity contribution in [2.24, 2.45) is 0 Å². The summed E-state index contributed by atoms with van der Waals surface area (Å²) in [5.74, 6) is 0. The van der Waals surface area contributed by atoms with Gasteiger partial charge in [-0.25, -0.2) is 0 Å². The molecule has 0 aliphatic carbocycles. The number of nitrogens with zero attached hydrogens (tertiary/aromatic N) is 1. The normalized spacial score (nSPS) is 10.2. The van der Waals surface area contributed by atoms with Crippen LogP contribution in [0.4, 0.5) is 11.4 Å². The Balaban J connectivity index is 2.01. The van der Waals surface area contributed by atoms with Crippen LogP contribution in [0, 0.1) is 10.1 Å². The number of rotatable bonds is 4. The van der Waals surface area contributed by atoms with Gasteiger partial charge in [-0.05, 0) is 23.8 Å². The summed E-state index contributed by atoms with van der Waals surface area (Å²) >= 11 is 11.7.